The van der Waals surface area contributed by atoms with Gasteiger partial charge >= 0.3 is 11.8 Å². The fourth-order valence-electron chi connectivity index (χ4n) is 1.01. The third-order valence-electron chi connectivity index (χ3n) is 1.89. The second-order valence-electron chi connectivity index (χ2n) is 4.04. The van der Waals surface area contributed by atoms with Gasteiger partial charge in [0.1, 0.15) is 6.07 Å². The molecule has 0 aliphatic carbocycles. The van der Waals surface area contributed by atoms with Crippen molar-refractivity contribution in [2.75, 3.05) is 6.61 Å². The average Bonchev–Trinajstić information content (AvgIpc) is 2.15. The predicted molar refractivity (Wildman–Crippen MR) is 55.7 cm³/mol. The number of carbonyl (C=O) groups is 1. The van der Waals surface area contributed by atoms with Gasteiger partial charge in [-0.15, -0.1) is 0 Å². The second kappa shape index (κ2) is 4.94. The molecule has 0 heterocycles. The molecule has 0 aliphatic heterocycles. The Labute approximate surface area is 90.5 Å². The highest BCUT2D eigenvalue weighted by molar-refractivity contribution is 5.81. The minimum Gasteiger partial charge on any atom is -0.415 e. The molecule has 0 aromatic rings. The summed E-state index contributed by atoms with van der Waals surface area (Å²) in [7, 11) is 0. The quantitative estimate of drug-likeness (QED) is 0.405. The molecule has 15 heavy (non-hydrogen) atoms. The molecule has 0 saturated carbocycles. The van der Waals surface area contributed by atoms with Gasteiger partial charge in [0.25, 0.3) is 0 Å². The van der Waals surface area contributed by atoms with Crippen molar-refractivity contribution in [1.82, 2.24) is 0 Å². The molecule has 0 spiro atoms. The van der Waals surface area contributed by atoms with Crippen molar-refractivity contribution in [1.29, 1.82) is 5.26 Å². The number of nitriles is 1. The number of hydrogen-bond donors (Lipinski definition) is 0. The highest BCUT2D eigenvalue weighted by Crippen LogP contribution is 2.34. The zero-order chi connectivity index (χ0) is 12.1. The first-order valence-corrected chi connectivity index (χ1v) is 4.73. The van der Waals surface area contributed by atoms with Crippen LogP contribution in [0.4, 0.5) is 0 Å². The van der Waals surface area contributed by atoms with Gasteiger partial charge < -0.3 is 9.47 Å². The highest BCUT2D eigenvalue weighted by Gasteiger charge is 2.47. The summed E-state index contributed by atoms with van der Waals surface area (Å²) in [5.74, 6) is -2.23. The van der Waals surface area contributed by atoms with Crippen LogP contribution < -0.4 is 0 Å². The molecular weight excluding hydrogens is 194 g/mol. The van der Waals surface area contributed by atoms with Crippen molar-refractivity contribution < 1.29 is 14.3 Å². The zero-order valence-corrected chi connectivity index (χ0v) is 9.66. The molecule has 1 unspecified atom stereocenters. The number of ether oxygens (including phenoxy) is 2. The molecule has 0 radical (unpaired) electrons. The first kappa shape index (κ1) is 13.7. The molecular formula is C11H17NO3. The lowest BCUT2D eigenvalue weighted by Gasteiger charge is -2.36. The Morgan fingerprint density at radius 3 is 2.33 bits per heavy atom. The van der Waals surface area contributed by atoms with Crippen molar-refractivity contribution in [3.63, 3.8) is 0 Å². The van der Waals surface area contributed by atoms with Gasteiger partial charge in [-0.05, 0) is 6.92 Å². The minimum absolute atomic E-state index is 0.287. The first-order chi connectivity index (χ1) is 6.83. The van der Waals surface area contributed by atoms with E-state index in [1.54, 1.807) is 27.7 Å². The lowest BCUT2D eigenvalue weighted by molar-refractivity contribution is -0.238. The Bertz CT molecular complexity index is 285. The van der Waals surface area contributed by atoms with Crippen molar-refractivity contribution >= 4 is 5.97 Å². The Kier molecular flexibility index (Phi) is 4.50. The summed E-state index contributed by atoms with van der Waals surface area (Å²) in [5.41, 5.74) is -0.629. The second-order valence-corrected chi connectivity index (χ2v) is 4.04. The van der Waals surface area contributed by atoms with Gasteiger partial charge in [0.05, 0.1) is 0 Å². The molecule has 0 rings (SSSR count). The minimum atomic E-state index is -1.56. The summed E-state index contributed by atoms with van der Waals surface area (Å²) in [4.78, 5) is 11.1. The molecule has 0 fully saturated rings. The summed E-state index contributed by atoms with van der Waals surface area (Å²) in [5, 5.41) is 9.10. The molecule has 0 amide bonds. The van der Waals surface area contributed by atoms with Crippen LogP contribution in [0.1, 0.15) is 27.7 Å². The van der Waals surface area contributed by atoms with Crippen LogP contribution >= 0.6 is 0 Å². The Morgan fingerprint density at radius 1 is 1.53 bits per heavy atom. The Hall–Kier alpha value is -1.34. The smallest absolute Gasteiger partial charge is 0.333 e. The number of nitrogens with zero attached hydrogens (tertiary/aromatic N) is 1. The maximum absolute atomic E-state index is 11.1. The molecule has 4 heteroatoms. The van der Waals surface area contributed by atoms with E-state index in [0.717, 1.165) is 6.08 Å². The van der Waals surface area contributed by atoms with Crippen LogP contribution in [0, 0.1) is 16.7 Å². The SMILES string of the molecule is C=CC(=O)OC(C#N)(OCC)C(C)(C)C. The van der Waals surface area contributed by atoms with Crippen molar-refractivity contribution in [3.8, 4) is 6.07 Å². The number of carbonyl (C=O) groups excluding carboxylic acids is 1. The molecule has 84 valence electrons. The predicted octanol–water partition coefficient (Wildman–Crippen LogP) is 2.02. The van der Waals surface area contributed by atoms with Gasteiger partial charge in [0, 0.05) is 18.1 Å². The molecule has 4 nitrogen and oxygen atoms in total. The van der Waals surface area contributed by atoms with E-state index in [1.165, 1.54) is 0 Å². The fourth-order valence-corrected chi connectivity index (χ4v) is 1.01. The Balaban J connectivity index is 5.09. The van der Waals surface area contributed by atoms with Crippen molar-refractivity contribution in [2.24, 2.45) is 5.41 Å². The van der Waals surface area contributed by atoms with E-state index in [9.17, 15) is 4.79 Å². The standard InChI is InChI=1S/C11H17NO3/c1-6-9(13)15-11(8-12,14-7-2)10(3,4)5/h6H,1,7H2,2-5H3. The maximum Gasteiger partial charge on any atom is 0.333 e. The van der Waals surface area contributed by atoms with E-state index in [0.29, 0.717) is 0 Å². The third-order valence-corrected chi connectivity index (χ3v) is 1.89. The lowest BCUT2D eigenvalue weighted by atomic mass is 9.86. The van der Waals surface area contributed by atoms with E-state index in [-0.39, 0.29) is 6.61 Å². The lowest BCUT2D eigenvalue weighted by Crippen LogP contribution is -2.48. The molecule has 0 saturated heterocycles. The van der Waals surface area contributed by atoms with E-state index in [4.69, 9.17) is 14.7 Å². The van der Waals surface area contributed by atoms with Gasteiger partial charge in [-0.1, -0.05) is 27.4 Å². The van der Waals surface area contributed by atoms with Crippen LogP contribution in [0.25, 0.3) is 0 Å². The van der Waals surface area contributed by atoms with Crippen LogP contribution in [0.5, 0.6) is 0 Å². The third kappa shape index (κ3) is 3.07. The number of esters is 1. The van der Waals surface area contributed by atoms with Gasteiger partial charge in [-0.2, -0.15) is 5.26 Å². The summed E-state index contributed by atoms with van der Waals surface area (Å²) < 4.78 is 10.3. The molecule has 0 aromatic heterocycles. The molecule has 0 bridgehead atoms. The van der Waals surface area contributed by atoms with Crippen molar-refractivity contribution in [2.45, 2.75) is 33.5 Å². The van der Waals surface area contributed by atoms with Crippen LogP contribution in [0.2, 0.25) is 0 Å². The molecule has 0 aliphatic rings. The summed E-state index contributed by atoms with van der Waals surface area (Å²) in [6.45, 7) is 10.6. The summed E-state index contributed by atoms with van der Waals surface area (Å²) >= 11 is 0. The Morgan fingerprint density at radius 2 is 2.07 bits per heavy atom. The summed E-state index contributed by atoms with van der Waals surface area (Å²) in [6.07, 6.45) is 1.01. The van der Waals surface area contributed by atoms with Gasteiger partial charge in [0.2, 0.25) is 0 Å². The normalized spacial score (nSPS) is 14.9. The topological polar surface area (TPSA) is 59.3 Å². The van der Waals surface area contributed by atoms with Gasteiger partial charge in [-0.3, -0.25) is 0 Å². The van der Waals surface area contributed by atoms with E-state index >= 15 is 0 Å². The molecule has 0 N–H and O–H groups in total. The van der Waals surface area contributed by atoms with Crippen LogP contribution in [-0.4, -0.2) is 18.4 Å². The first-order valence-electron chi connectivity index (χ1n) is 4.73. The molecule has 0 aromatic carbocycles. The monoisotopic (exact) mass is 211 g/mol. The van der Waals surface area contributed by atoms with E-state index in [2.05, 4.69) is 6.58 Å². The van der Waals surface area contributed by atoms with E-state index < -0.39 is 17.2 Å². The fraction of sp³-hybridized carbons (Fsp3) is 0.636. The largest absolute Gasteiger partial charge is 0.415 e. The van der Waals surface area contributed by atoms with Crippen LogP contribution in [0.15, 0.2) is 12.7 Å². The van der Waals surface area contributed by atoms with E-state index in [1.807, 2.05) is 6.07 Å². The van der Waals surface area contributed by atoms with Crippen molar-refractivity contribution in [3.05, 3.63) is 12.7 Å². The van der Waals surface area contributed by atoms with Gasteiger partial charge in [-0.25, -0.2) is 4.79 Å². The number of rotatable bonds is 4. The van der Waals surface area contributed by atoms with Gasteiger partial charge in [0.15, 0.2) is 0 Å². The summed E-state index contributed by atoms with van der Waals surface area (Å²) in [6, 6.07) is 1.91. The maximum atomic E-state index is 11.1. The average molecular weight is 211 g/mol. The molecule has 1 atom stereocenters. The highest BCUT2D eigenvalue weighted by atomic mass is 16.7. The number of hydrogen-bond acceptors (Lipinski definition) is 4. The van der Waals surface area contributed by atoms with Crippen LogP contribution in [-0.2, 0) is 14.3 Å². The zero-order valence-electron chi connectivity index (χ0n) is 9.66. The van der Waals surface area contributed by atoms with Crippen LogP contribution in [0.3, 0.4) is 0 Å².